The number of furan rings is 1. The number of rotatable bonds is 7. The van der Waals surface area contributed by atoms with Gasteiger partial charge in [0.15, 0.2) is 6.54 Å². The molecule has 0 saturated carbocycles. The second-order valence-electron chi connectivity index (χ2n) is 6.89. The van der Waals surface area contributed by atoms with Gasteiger partial charge in [-0.05, 0) is 24.3 Å². The van der Waals surface area contributed by atoms with E-state index in [1.165, 1.54) is 0 Å². The Kier molecular flexibility index (Phi) is 6.82. The lowest BCUT2D eigenvalue weighted by molar-refractivity contribution is -0.896. The van der Waals surface area contributed by atoms with Crippen molar-refractivity contribution in [1.29, 1.82) is 5.26 Å². The van der Waals surface area contributed by atoms with Gasteiger partial charge in [-0.1, -0.05) is 18.2 Å². The average molecular weight is 381 g/mol. The summed E-state index contributed by atoms with van der Waals surface area (Å²) in [6.07, 6.45) is 1.87. The van der Waals surface area contributed by atoms with E-state index in [2.05, 4.69) is 6.07 Å². The number of amides is 2. The van der Waals surface area contributed by atoms with E-state index in [0.717, 1.165) is 18.0 Å². The van der Waals surface area contributed by atoms with Crippen LogP contribution in [-0.4, -0.2) is 60.9 Å². The largest absolute Gasteiger partial charge is 0.467 e. The van der Waals surface area contributed by atoms with Crippen LogP contribution in [0.4, 0.5) is 0 Å². The summed E-state index contributed by atoms with van der Waals surface area (Å²) in [5.74, 6) is 0.753. The molecule has 1 aliphatic heterocycles. The van der Waals surface area contributed by atoms with E-state index in [4.69, 9.17) is 9.68 Å². The SMILES string of the molecule is N#CCCN(Cc1ccco1)C(=O)C[NH+]1CCN(C(=O)c2ccccc2)CC1. The Labute approximate surface area is 164 Å². The third-order valence-corrected chi connectivity index (χ3v) is 4.95. The fraction of sp³-hybridized carbons (Fsp3) is 0.381. The maximum absolute atomic E-state index is 12.8. The molecular weight excluding hydrogens is 356 g/mol. The number of carbonyl (C=O) groups is 2. The van der Waals surface area contributed by atoms with E-state index in [-0.39, 0.29) is 11.8 Å². The monoisotopic (exact) mass is 381 g/mol. The van der Waals surface area contributed by atoms with Gasteiger partial charge < -0.3 is 19.1 Å². The minimum absolute atomic E-state index is 0.00415. The maximum atomic E-state index is 12.8. The van der Waals surface area contributed by atoms with Crippen LogP contribution >= 0.6 is 0 Å². The average Bonchev–Trinajstić information content (AvgIpc) is 3.25. The van der Waals surface area contributed by atoms with Gasteiger partial charge in [0, 0.05) is 12.1 Å². The van der Waals surface area contributed by atoms with Crippen LogP contribution in [0.2, 0.25) is 0 Å². The van der Waals surface area contributed by atoms with Crippen LogP contribution in [0.1, 0.15) is 22.5 Å². The molecule has 28 heavy (non-hydrogen) atoms. The molecule has 7 heteroatoms. The lowest BCUT2D eigenvalue weighted by atomic mass is 10.2. The van der Waals surface area contributed by atoms with Crippen LogP contribution in [0.3, 0.4) is 0 Å². The summed E-state index contributed by atoms with van der Waals surface area (Å²) in [7, 11) is 0. The normalized spacial score (nSPS) is 14.5. The Hall–Kier alpha value is -3.11. The second kappa shape index (κ2) is 9.72. The summed E-state index contributed by atoms with van der Waals surface area (Å²) in [4.78, 5) is 30.0. The molecule has 146 valence electrons. The Bertz CT molecular complexity index is 806. The van der Waals surface area contributed by atoms with Crippen molar-refractivity contribution in [3.05, 3.63) is 60.1 Å². The highest BCUT2D eigenvalue weighted by Crippen LogP contribution is 2.07. The molecular formula is C21H25N4O3+. The van der Waals surface area contributed by atoms with Crippen molar-refractivity contribution in [3.8, 4) is 6.07 Å². The van der Waals surface area contributed by atoms with Crippen LogP contribution in [0.25, 0.3) is 0 Å². The molecule has 0 bridgehead atoms. The molecule has 2 heterocycles. The van der Waals surface area contributed by atoms with Crippen molar-refractivity contribution in [2.75, 3.05) is 39.3 Å². The standard InChI is InChI=1S/C21H24N4O3/c22-9-5-10-25(16-19-8-4-15-28-19)20(26)17-23-11-13-24(14-12-23)21(27)18-6-2-1-3-7-18/h1-4,6-8,15H,5,10-14,16-17H2/p+1. The Balaban J connectivity index is 1.51. The first kappa shape index (κ1) is 19.6. The molecule has 2 aromatic rings. The van der Waals surface area contributed by atoms with Crippen LogP contribution in [-0.2, 0) is 11.3 Å². The number of hydrogen-bond acceptors (Lipinski definition) is 4. The van der Waals surface area contributed by atoms with Gasteiger partial charge in [0.25, 0.3) is 11.8 Å². The number of piperazine rings is 1. The highest BCUT2D eigenvalue weighted by Gasteiger charge is 2.27. The van der Waals surface area contributed by atoms with E-state index < -0.39 is 0 Å². The molecule has 3 rings (SSSR count). The van der Waals surface area contributed by atoms with E-state index >= 15 is 0 Å². The van der Waals surface area contributed by atoms with Crippen LogP contribution in [0.5, 0.6) is 0 Å². The Morgan fingerprint density at radius 1 is 1.14 bits per heavy atom. The summed E-state index contributed by atoms with van der Waals surface area (Å²) in [6, 6.07) is 15.0. The molecule has 1 saturated heterocycles. The Morgan fingerprint density at radius 2 is 1.89 bits per heavy atom. The Morgan fingerprint density at radius 3 is 2.54 bits per heavy atom. The molecule has 1 aromatic carbocycles. The molecule has 1 fully saturated rings. The van der Waals surface area contributed by atoms with Crippen molar-refractivity contribution in [2.24, 2.45) is 0 Å². The van der Waals surface area contributed by atoms with E-state index in [9.17, 15) is 9.59 Å². The molecule has 7 nitrogen and oxygen atoms in total. The van der Waals surface area contributed by atoms with Gasteiger partial charge in [0.05, 0.1) is 51.5 Å². The molecule has 0 atom stereocenters. The van der Waals surface area contributed by atoms with Crippen molar-refractivity contribution < 1.29 is 18.9 Å². The summed E-state index contributed by atoms with van der Waals surface area (Å²) in [6.45, 7) is 3.86. The number of nitrogens with zero attached hydrogens (tertiary/aromatic N) is 3. The van der Waals surface area contributed by atoms with Gasteiger partial charge in [-0.3, -0.25) is 9.59 Å². The van der Waals surface area contributed by atoms with Gasteiger partial charge >= 0.3 is 0 Å². The summed E-state index contributed by atoms with van der Waals surface area (Å²) >= 11 is 0. The quantitative estimate of drug-likeness (QED) is 0.760. The first-order chi connectivity index (χ1) is 13.7. The van der Waals surface area contributed by atoms with E-state index in [0.29, 0.717) is 50.5 Å². The minimum atomic E-state index is 0.00415. The van der Waals surface area contributed by atoms with Gasteiger partial charge in [0.2, 0.25) is 0 Å². The number of nitrogens with one attached hydrogen (secondary N) is 1. The summed E-state index contributed by atoms with van der Waals surface area (Å²) in [5.41, 5.74) is 0.697. The first-order valence-electron chi connectivity index (χ1n) is 9.52. The summed E-state index contributed by atoms with van der Waals surface area (Å²) < 4.78 is 5.34. The molecule has 1 aromatic heterocycles. The van der Waals surface area contributed by atoms with Crippen LogP contribution < -0.4 is 4.90 Å². The maximum Gasteiger partial charge on any atom is 0.278 e. The number of nitriles is 1. The minimum Gasteiger partial charge on any atom is -0.467 e. The lowest BCUT2D eigenvalue weighted by Crippen LogP contribution is -3.15. The molecule has 0 aliphatic carbocycles. The number of carbonyl (C=O) groups excluding carboxylic acids is 2. The highest BCUT2D eigenvalue weighted by atomic mass is 16.3. The van der Waals surface area contributed by atoms with Gasteiger partial charge in [-0.25, -0.2) is 0 Å². The van der Waals surface area contributed by atoms with Crippen LogP contribution in [0, 0.1) is 11.3 Å². The molecule has 2 amide bonds. The van der Waals surface area contributed by atoms with Crippen molar-refractivity contribution >= 4 is 11.8 Å². The topological polar surface area (TPSA) is 82.0 Å². The molecule has 0 spiro atoms. The first-order valence-corrected chi connectivity index (χ1v) is 9.52. The fourth-order valence-electron chi connectivity index (χ4n) is 3.36. The van der Waals surface area contributed by atoms with E-state index in [1.54, 1.807) is 17.2 Å². The number of benzene rings is 1. The third-order valence-electron chi connectivity index (χ3n) is 4.95. The zero-order valence-corrected chi connectivity index (χ0v) is 15.8. The van der Waals surface area contributed by atoms with Crippen LogP contribution in [0.15, 0.2) is 53.1 Å². The highest BCUT2D eigenvalue weighted by molar-refractivity contribution is 5.94. The van der Waals surface area contributed by atoms with Gasteiger partial charge in [0.1, 0.15) is 5.76 Å². The summed E-state index contributed by atoms with van der Waals surface area (Å²) in [5, 5.41) is 8.87. The van der Waals surface area contributed by atoms with Gasteiger partial charge in [-0.15, -0.1) is 0 Å². The number of quaternary nitrogens is 1. The molecule has 0 radical (unpaired) electrons. The van der Waals surface area contributed by atoms with E-state index in [1.807, 2.05) is 41.3 Å². The van der Waals surface area contributed by atoms with Crippen molar-refractivity contribution in [1.82, 2.24) is 9.80 Å². The van der Waals surface area contributed by atoms with Crippen molar-refractivity contribution in [2.45, 2.75) is 13.0 Å². The second-order valence-corrected chi connectivity index (χ2v) is 6.89. The molecule has 0 unspecified atom stereocenters. The predicted molar refractivity (Wildman–Crippen MR) is 102 cm³/mol. The fourth-order valence-corrected chi connectivity index (χ4v) is 3.36. The molecule has 1 aliphatic rings. The molecule has 1 N–H and O–H groups in total. The third kappa shape index (κ3) is 5.21. The predicted octanol–water partition coefficient (Wildman–Crippen LogP) is 0.563. The number of hydrogen-bond donors (Lipinski definition) is 1. The zero-order chi connectivity index (χ0) is 19.8. The zero-order valence-electron chi connectivity index (χ0n) is 15.8. The van der Waals surface area contributed by atoms with Crippen molar-refractivity contribution in [3.63, 3.8) is 0 Å². The smallest absolute Gasteiger partial charge is 0.278 e. The van der Waals surface area contributed by atoms with Gasteiger partial charge in [-0.2, -0.15) is 5.26 Å². The lowest BCUT2D eigenvalue weighted by Gasteiger charge is -2.33.